The van der Waals surface area contributed by atoms with Gasteiger partial charge in [0.25, 0.3) is 0 Å². The maximum atomic E-state index is 11.1. The average molecular weight is 199 g/mol. The fourth-order valence-corrected chi connectivity index (χ4v) is 2.46. The van der Waals surface area contributed by atoms with Crippen LogP contribution in [0.4, 0.5) is 0 Å². The molecule has 3 heteroatoms. The normalized spacial score (nSPS) is 31.4. The van der Waals surface area contributed by atoms with E-state index in [0.717, 1.165) is 12.8 Å². The van der Waals surface area contributed by atoms with Crippen molar-refractivity contribution < 1.29 is 9.90 Å². The minimum atomic E-state index is -0.669. The third-order valence-electron chi connectivity index (χ3n) is 3.97. The average Bonchev–Trinajstić information content (AvgIpc) is 1.99. The topological polar surface area (TPSA) is 40.5 Å². The Kier molecular flexibility index (Phi) is 2.65. The molecule has 0 aromatic heterocycles. The van der Waals surface area contributed by atoms with Crippen LogP contribution in [-0.4, -0.2) is 34.1 Å². The molecular weight excluding hydrogens is 178 g/mol. The highest BCUT2D eigenvalue weighted by Gasteiger charge is 2.47. The van der Waals surface area contributed by atoms with Gasteiger partial charge in [0, 0.05) is 11.1 Å². The van der Waals surface area contributed by atoms with E-state index in [9.17, 15) is 4.79 Å². The first-order chi connectivity index (χ1) is 6.19. The molecule has 3 nitrogen and oxygen atoms in total. The fraction of sp³-hybridized carbons (Fsp3) is 0.909. The molecule has 0 aromatic rings. The molecule has 1 atom stereocenters. The molecule has 0 aromatic carbocycles. The van der Waals surface area contributed by atoms with Crippen LogP contribution in [0, 0.1) is 5.92 Å². The SMILES string of the molecule is CN1C(C)(C)CCC(C(=O)O)C1(C)C. The summed E-state index contributed by atoms with van der Waals surface area (Å²) >= 11 is 0. The highest BCUT2D eigenvalue weighted by molar-refractivity contribution is 5.71. The third kappa shape index (κ3) is 1.65. The molecule has 14 heavy (non-hydrogen) atoms. The Morgan fingerprint density at radius 2 is 1.86 bits per heavy atom. The van der Waals surface area contributed by atoms with Crippen LogP contribution in [0.25, 0.3) is 0 Å². The van der Waals surface area contributed by atoms with Crippen LogP contribution in [0.1, 0.15) is 40.5 Å². The Morgan fingerprint density at radius 1 is 1.36 bits per heavy atom. The van der Waals surface area contributed by atoms with Gasteiger partial charge >= 0.3 is 5.97 Å². The van der Waals surface area contributed by atoms with Crippen molar-refractivity contribution in [3.05, 3.63) is 0 Å². The van der Waals surface area contributed by atoms with Gasteiger partial charge in [-0.25, -0.2) is 0 Å². The van der Waals surface area contributed by atoms with E-state index in [2.05, 4.69) is 18.7 Å². The minimum Gasteiger partial charge on any atom is -0.481 e. The Bertz CT molecular complexity index is 246. The second kappa shape index (κ2) is 3.23. The second-order valence-corrected chi connectivity index (χ2v) is 5.45. The molecular formula is C11H21NO2. The van der Waals surface area contributed by atoms with Crippen LogP contribution in [0.3, 0.4) is 0 Å². The van der Waals surface area contributed by atoms with E-state index in [-0.39, 0.29) is 17.0 Å². The molecule has 0 spiro atoms. The van der Waals surface area contributed by atoms with Crippen molar-refractivity contribution in [2.75, 3.05) is 7.05 Å². The summed E-state index contributed by atoms with van der Waals surface area (Å²) in [6, 6.07) is 0. The summed E-state index contributed by atoms with van der Waals surface area (Å²) in [6.07, 6.45) is 1.73. The number of nitrogens with zero attached hydrogens (tertiary/aromatic N) is 1. The summed E-state index contributed by atoms with van der Waals surface area (Å²) in [7, 11) is 2.02. The Morgan fingerprint density at radius 3 is 2.29 bits per heavy atom. The first-order valence-corrected chi connectivity index (χ1v) is 5.16. The molecule has 82 valence electrons. The molecule has 0 aliphatic carbocycles. The molecule has 1 heterocycles. The number of carbonyl (C=O) groups is 1. The number of hydrogen-bond acceptors (Lipinski definition) is 2. The highest BCUT2D eigenvalue weighted by atomic mass is 16.4. The van der Waals surface area contributed by atoms with Gasteiger partial charge in [0.1, 0.15) is 0 Å². The number of carboxylic acids is 1. The zero-order valence-corrected chi connectivity index (χ0v) is 9.79. The van der Waals surface area contributed by atoms with Crippen LogP contribution >= 0.6 is 0 Å². The largest absolute Gasteiger partial charge is 0.481 e. The van der Waals surface area contributed by atoms with Crippen molar-refractivity contribution in [1.29, 1.82) is 0 Å². The molecule has 1 rings (SSSR count). The van der Waals surface area contributed by atoms with E-state index in [4.69, 9.17) is 5.11 Å². The van der Waals surface area contributed by atoms with E-state index < -0.39 is 5.97 Å². The van der Waals surface area contributed by atoms with Crippen LogP contribution in [-0.2, 0) is 4.79 Å². The third-order valence-corrected chi connectivity index (χ3v) is 3.97. The number of rotatable bonds is 1. The number of piperidine rings is 1. The van der Waals surface area contributed by atoms with Crippen molar-refractivity contribution in [2.45, 2.75) is 51.6 Å². The van der Waals surface area contributed by atoms with Crippen molar-refractivity contribution in [2.24, 2.45) is 5.92 Å². The van der Waals surface area contributed by atoms with Gasteiger partial charge < -0.3 is 5.11 Å². The predicted octanol–water partition coefficient (Wildman–Crippen LogP) is 1.97. The van der Waals surface area contributed by atoms with Crippen molar-refractivity contribution in [3.63, 3.8) is 0 Å². The molecule has 1 fully saturated rings. The Labute approximate surface area is 86.1 Å². The molecule has 0 bridgehead atoms. The molecule has 1 saturated heterocycles. The number of likely N-dealkylation sites (tertiary alicyclic amines) is 1. The molecule has 0 saturated carbocycles. The van der Waals surface area contributed by atoms with Gasteiger partial charge in [-0.3, -0.25) is 9.69 Å². The smallest absolute Gasteiger partial charge is 0.308 e. The monoisotopic (exact) mass is 199 g/mol. The van der Waals surface area contributed by atoms with Gasteiger partial charge in [-0.05, 0) is 47.6 Å². The Hall–Kier alpha value is -0.570. The summed E-state index contributed by atoms with van der Waals surface area (Å²) in [6.45, 7) is 8.39. The van der Waals surface area contributed by atoms with Crippen LogP contribution in [0.15, 0.2) is 0 Å². The van der Waals surface area contributed by atoms with E-state index in [1.54, 1.807) is 0 Å². The summed E-state index contributed by atoms with van der Waals surface area (Å²) < 4.78 is 0. The second-order valence-electron chi connectivity index (χ2n) is 5.45. The van der Waals surface area contributed by atoms with Gasteiger partial charge in [0.2, 0.25) is 0 Å². The lowest BCUT2D eigenvalue weighted by molar-refractivity contribution is -0.153. The summed E-state index contributed by atoms with van der Waals surface area (Å²) in [4.78, 5) is 13.3. The van der Waals surface area contributed by atoms with Crippen molar-refractivity contribution in [3.8, 4) is 0 Å². The zero-order valence-electron chi connectivity index (χ0n) is 9.79. The van der Waals surface area contributed by atoms with Crippen LogP contribution < -0.4 is 0 Å². The van der Waals surface area contributed by atoms with Gasteiger partial charge in [-0.1, -0.05) is 0 Å². The van der Waals surface area contributed by atoms with E-state index in [0.29, 0.717) is 0 Å². The van der Waals surface area contributed by atoms with Gasteiger partial charge in [-0.2, -0.15) is 0 Å². The van der Waals surface area contributed by atoms with Gasteiger partial charge in [-0.15, -0.1) is 0 Å². The molecule has 0 amide bonds. The lowest BCUT2D eigenvalue weighted by Gasteiger charge is -2.53. The minimum absolute atomic E-state index is 0.107. The van der Waals surface area contributed by atoms with Crippen molar-refractivity contribution in [1.82, 2.24) is 4.90 Å². The lowest BCUT2D eigenvalue weighted by atomic mass is 9.73. The maximum absolute atomic E-state index is 11.1. The molecule has 1 unspecified atom stereocenters. The first kappa shape index (κ1) is 11.5. The summed E-state index contributed by atoms with van der Waals surface area (Å²) in [5.41, 5.74) is -0.150. The summed E-state index contributed by atoms with van der Waals surface area (Å²) in [5.74, 6) is -0.919. The van der Waals surface area contributed by atoms with Gasteiger partial charge in [0.15, 0.2) is 0 Å². The first-order valence-electron chi connectivity index (χ1n) is 5.16. The highest BCUT2D eigenvalue weighted by Crippen LogP contribution is 2.40. The lowest BCUT2D eigenvalue weighted by Crippen LogP contribution is -2.62. The number of hydrogen-bond donors (Lipinski definition) is 1. The van der Waals surface area contributed by atoms with Crippen molar-refractivity contribution >= 4 is 5.97 Å². The van der Waals surface area contributed by atoms with E-state index in [1.165, 1.54) is 0 Å². The molecule has 1 N–H and O–H groups in total. The van der Waals surface area contributed by atoms with E-state index in [1.807, 2.05) is 20.9 Å². The molecule has 1 aliphatic rings. The zero-order chi connectivity index (χ0) is 11.1. The van der Waals surface area contributed by atoms with Crippen LogP contribution in [0.5, 0.6) is 0 Å². The standard InChI is InChI=1S/C11H21NO2/c1-10(2)7-6-8(9(13)14)11(3,4)12(10)5/h8H,6-7H2,1-5H3,(H,13,14). The quantitative estimate of drug-likeness (QED) is 0.702. The Balaban J connectivity index is 2.96. The number of carboxylic acid groups (broad SMARTS) is 1. The fourth-order valence-electron chi connectivity index (χ4n) is 2.46. The molecule has 1 aliphatic heterocycles. The van der Waals surface area contributed by atoms with E-state index >= 15 is 0 Å². The summed E-state index contributed by atoms with van der Waals surface area (Å²) in [5, 5.41) is 9.14. The van der Waals surface area contributed by atoms with Crippen LogP contribution in [0.2, 0.25) is 0 Å². The molecule has 0 radical (unpaired) electrons. The van der Waals surface area contributed by atoms with Gasteiger partial charge in [0.05, 0.1) is 5.92 Å². The maximum Gasteiger partial charge on any atom is 0.308 e. The number of aliphatic carboxylic acids is 1. The predicted molar refractivity (Wildman–Crippen MR) is 56.3 cm³/mol.